The maximum atomic E-state index is 12.6. The zero-order valence-corrected chi connectivity index (χ0v) is 14.2. The summed E-state index contributed by atoms with van der Waals surface area (Å²) < 4.78 is 0. The third-order valence-corrected chi connectivity index (χ3v) is 5.61. The number of carbonyl (C=O) groups excluding carboxylic acids is 1. The summed E-state index contributed by atoms with van der Waals surface area (Å²) in [7, 11) is 0. The van der Waals surface area contributed by atoms with Crippen LogP contribution in [-0.2, 0) is 4.79 Å². The largest absolute Gasteiger partial charge is 0.351 e. The van der Waals surface area contributed by atoms with Crippen molar-refractivity contribution in [2.75, 3.05) is 13.1 Å². The highest BCUT2D eigenvalue weighted by atomic mass is 32.2. The smallest absolute Gasteiger partial charge is 0.250 e. The first kappa shape index (κ1) is 15.0. The summed E-state index contributed by atoms with van der Waals surface area (Å²) in [5, 5.41) is 0.972. The number of likely N-dealkylation sites (tertiary alicyclic amines) is 1. The van der Waals surface area contributed by atoms with Crippen LogP contribution in [0, 0.1) is 5.92 Å². The molecule has 0 radical (unpaired) electrons. The first-order valence-corrected chi connectivity index (χ1v) is 8.72. The number of hydrogen-bond donors (Lipinski definition) is 0. The van der Waals surface area contributed by atoms with E-state index in [2.05, 4.69) is 21.8 Å². The second-order valence-electron chi connectivity index (χ2n) is 6.12. The van der Waals surface area contributed by atoms with Crippen LogP contribution in [0.15, 0.2) is 9.98 Å². The van der Waals surface area contributed by atoms with E-state index in [1.807, 2.05) is 13.8 Å². The van der Waals surface area contributed by atoms with Crippen LogP contribution in [0.2, 0.25) is 0 Å². The van der Waals surface area contributed by atoms with Crippen LogP contribution in [0.3, 0.4) is 0 Å². The molecule has 0 N–H and O–H groups in total. The maximum Gasteiger partial charge on any atom is 0.250 e. The Balaban J connectivity index is 1.78. The Hall–Kier alpha value is -0.950. The summed E-state index contributed by atoms with van der Waals surface area (Å²) in [5.41, 5.74) is 0. The van der Waals surface area contributed by atoms with Crippen LogP contribution in [0.25, 0.3) is 0 Å². The van der Waals surface area contributed by atoms with E-state index in [9.17, 15) is 4.79 Å². The monoisotopic (exact) mass is 324 g/mol. The van der Waals surface area contributed by atoms with Gasteiger partial charge in [-0.25, -0.2) is 9.98 Å². The molecule has 1 fully saturated rings. The summed E-state index contributed by atoms with van der Waals surface area (Å²) in [6, 6.07) is 0.0378. The van der Waals surface area contributed by atoms with E-state index in [4.69, 9.17) is 12.2 Å². The predicted molar refractivity (Wildman–Crippen MR) is 90.8 cm³/mol. The Morgan fingerprint density at radius 1 is 1.29 bits per heavy atom. The van der Waals surface area contributed by atoms with Crippen molar-refractivity contribution < 1.29 is 4.79 Å². The van der Waals surface area contributed by atoms with E-state index in [1.54, 1.807) is 4.90 Å². The van der Waals surface area contributed by atoms with E-state index >= 15 is 0 Å². The molecular formula is C14H20N4OS2. The number of nitrogens with zero attached hydrogens (tertiary/aromatic N) is 4. The molecular weight excluding hydrogens is 304 g/mol. The number of piperidine rings is 1. The molecule has 0 aromatic rings. The maximum absolute atomic E-state index is 12.6. The second-order valence-corrected chi connectivity index (χ2v) is 7.55. The molecule has 0 aliphatic carbocycles. The molecule has 21 heavy (non-hydrogen) atoms. The number of thiocarbonyl (C=S) groups is 1. The number of rotatable bonds is 1. The first-order valence-electron chi connectivity index (χ1n) is 7.43. The van der Waals surface area contributed by atoms with Gasteiger partial charge in [0.05, 0.1) is 0 Å². The Morgan fingerprint density at radius 3 is 2.57 bits per heavy atom. The molecule has 0 aromatic heterocycles. The highest BCUT2D eigenvalue weighted by molar-refractivity contribution is 8.16. The molecule has 3 aliphatic heterocycles. The Kier molecular flexibility index (Phi) is 4.05. The Bertz CT molecular complexity index is 535. The standard InChI is InChI=1S/C14H20N4OS2/c1-8(2)18-12(19)10-11(15-13(18)20)16-14(21-10)17-6-4-9(3)5-7-17/h8-10H,4-7H2,1-3H3. The fourth-order valence-electron chi connectivity index (χ4n) is 2.78. The van der Waals surface area contributed by atoms with Crippen molar-refractivity contribution in [3.8, 4) is 0 Å². The van der Waals surface area contributed by atoms with Gasteiger partial charge in [0, 0.05) is 19.1 Å². The minimum Gasteiger partial charge on any atom is -0.351 e. The molecule has 1 amide bonds. The van der Waals surface area contributed by atoms with Gasteiger partial charge in [0.2, 0.25) is 11.0 Å². The molecule has 1 unspecified atom stereocenters. The van der Waals surface area contributed by atoms with E-state index in [0.29, 0.717) is 10.9 Å². The quantitative estimate of drug-likeness (QED) is 0.693. The van der Waals surface area contributed by atoms with Crippen LogP contribution in [-0.4, -0.2) is 56.2 Å². The first-order chi connectivity index (χ1) is 9.97. The van der Waals surface area contributed by atoms with Crippen LogP contribution in [0.5, 0.6) is 0 Å². The van der Waals surface area contributed by atoms with Crippen molar-refractivity contribution in [2.45, 2.75) is 44.9 Å². The van der Waals surface area contributed by atoms with Crippen molar-refractivity contribution in [1.82, 2.24) is 9.80 Å². The lowest BCUT2D eigenvalue weighted by Crippen LogP contribution is -2.50. The zero-order chi connectivity index (χ0) is 15.1. The van der Waals surface area contributed by atoms with Crippen LogP contribution in [0.4, 0.5) is 0 Å². The van der Waals surface area contributed by atoms with Crippen LogP contribution >= 0.6 is 24.0 Å². The molecule has 3 heterocycles. The normalized spacial score (nSPS) is 27.1. The van der Waals surface area contributed by atoms with E-state index < -0.39 is 0 Å². The molecule has 0 aromatic carbocycles. The fraction of sp³-hybridized carbons (Fsp3) is 0.714. The van der Waals surface area contributed by atoms with Gasteiger partial charge in [-0.15, -0.1) is 0 Å². The number of fused-ring (bicyclic) bond motifs is 1. The van der Waals surface area contributed by atoms with Gasteiger partial charge in [-0.05, 0) is 44.8 Å². The van der Waals surface area contributed by atoms with Crippen molar-refractivity contribution in [3.63, 3.8) is 0 Å². The Labute approximate surface area is 134 Å². The number of aliphatic imine (C=N–C) groups is 2. The van der Waals surface area contributed by atoms with Gasteiger partial charge in [0.15, 0.2) is 16.3 Å². The van der Waals surface area contributed by atoms with Crippen molar-refractivity contribution in [1.29, 1.82) is 0 Å². The summed E-state index contributed by atoms with van der Waals surface area (Å²) >= 11 is 6.77. The van der Waals surface area contributed by atoms with Crippen molar-refractivity contribution >= 4 is 46.0 Å². The number of amidine groups is 2. The minimum atomic E-state index is -0.312. The van der Waals surface area contributed by atoms with E-state index in [1.165, 1.54) is 24.6 Å². The third kappa shape index (κ3) is 2.73. The van der Waals surface area contributed by atoms with Gasteiger partial charge in [0.1, 0.15) is 0 Å². The molecule has 5 nitrogen and oxygen atoms in total. The molecule has 3 aliphatic rings. The lowest BCUT2D eigenvalue weighted by atomic mass is 10.00. The lowest BCUT2D eigenvalue weighted by Gasteiger charge is -2.32. The summed E-state index contributed by atoms with van der Waals surface area (Å²) in [6.45, 7) is 8.22. The molecule has 114 valence electrons. The molecule has 1 atom stereocenters. The molecule has 7 heteroatoms. The summed E-state index contributed by atoms with van der Waals surface area (Å²) in [6.07, 6.45) is 2.36. The zero-order valence-electron chi connectivity index (χ0n) is 12.6. The van der Waals surface area contributed by atoms with E-state index in [-0.39, 0.29) is 17.2 Å². The number of carbonyl (C=O) groups is 1. The van der Waals surface area contributed by atoms with Crippen molar-refractivity contribution in [3.05, 3.63) is 0 Å². The molecule has 0 spiro atoms. The predicted octanol–water partition coefficient (Wildman–Crippen LogP) is 2.12. The highest BCUT2D eigenvalue weighted by Gasteiger charge is 2.43. The van der Waals surface area contributed by atoms with Crippen LogP contribution < -0.4 is 0 Å². The second kappa shape index (κ2) is 5.68. The van der Waals surface area contributed by atoms with Gasteiger partial charge in [-0.1, -0.05) is 18.7 Å². The summed E-state index contributed by atoms with van der Waals surface area (Å²) in [5.74, 6) is 1.38. The lowest BCUT2D eigenvalue weighted by molar-refractivity contribution is -0.126. The van der Waals surface area contributed by atoms with E-state index in [0.717, 1.165) is 24.2 Å². The number of hydrogen-bond acceptors (Lipinski definition) is 5. The fourth-order valence-corrected chi connectivity index (χ4v) is 4.29. The number of amides is 1. The van der Waals surface area contributed by atoms with Gasteiger partial charge < -0.3 is 4.90 Å². The summed E-state index contributed by atoms with van der Waals surface area (Å²) in [4.78, 5) is 25.4. The molecule has 0 bridgehead atoms. The molecule has 3 rings (SSSR count). The number of thioether (sulfide) groups is 1. The van der Waals surface area contributed by atoms with Crippen LogP contribution in [0.1, 0.15) is 33.6 Å². The van der Waals surface area contributed by atoms with Gasteiger partial charge in [-0.2, -0.15) is 0 Å². The SMILES string of the molecule is CC1CCN(C2=NC3=NC(=S)N(C(C)C)C(=O)C3S2)CC1. The average molecular weight is 324 g/mol. The van der Waals surface area contributed by atoms with Gasteiger partial charge in [0.25, 0.3) is 0 Å². The van der Waals surface area contributed by atoms with Crippen molar-refractivity contribution in [2.24, 2.45) is 15.9 Å². The topological polar surface area (TPSA) is 48.3 Å². The highest BCUT2D eigenvalue weighted by Crippen LogP contribution is 2.32. The van der Waals surface area contributed by atoms with Gasteiger partial charge in [-0.3, -0.25) is 9.69 Å². The van der Waals surface area contributed by atoms with Gasteiger partial charge >= 0.3 is 0 Å². The molecule has 1 saturated heterocycles. The average Bonchev–Trinajstić information content (AvgIpc) is 2.83. The minimum absolute atomic E-state index is 0.0223. The third-order valence-electron chi connectivity index (χ3n) is 4.12. The Morgan fingerprint density at radius 2 is 1.95 bits per heavy atom. The molecule has 0 saturated carbocycles.